The van der Waals surface area contributed by atoms with Crippen molar-refractivity contribution >= 4 is 0 Å². The molecule has 0 heterocycles. The van der Waals surface area contributed by atoms with Gasteiger partial charge in [0.05, 0.1) is 5.60 Å². The van der Waals surface area contributed by atoms with Gasteiger partial charge in [-0.1, -0.05) is 26.7 Å². The average molecular weight is 185 g/mol. The van der Waals surface area contributed by atoms with Gasteiger partial charge >= 0.3 is 0 Å². The molecule has 1 aliphatic rings. The van der Waals surface area contributed by atoms with Crippen molar-refractivity contribution in [2.75, 3.05) is 6.54 Å². The van der Waals surface area contributed by atoms with Gasteiger partial charge in [-0.05, 0) is 37.6 Å². The third kappa shape index (κ3) is 2.23. The molecule has 2 atom stereocenters. The molecular formula is C11H23NO. The van der Waals surface area contributed by atoms with E-state index in [1.807, 2.05) is 0 Å². The first-order valence-corrected chi connectivity index (χ1v) is 5.53. The van der Waals surface area contributed by atoms with Gasteiger partial charge in [0.2, 0.25) is 0 Å². The Bertz CT molecular complexity index is 146. The van der Waals surface area contributed by atoms with Crippen LogP contribution in [0.3, 0.4) is 0 Å². The van der Waals surface area contributed by atoms with Crippen LogP contribution in [0, 0.1) is 11.8 Å². The summed E-state index contributed by atoms with van der Waals surface area (Å²) in [5, 5.41) is 10.5. The van der Waals surface area contributed by atoms with Crippen LogP contribution in [0.5, 0.6) is 0 Å². The van der Waals surface area contributed by atoms with Crippen molar-refractivity contribution in [3.63, 3.8) is 0 Å². The normalized spacial score (nSPS) is 41.5. The van der Waals surface area contributed by atoms with Gasteiger partial charge in [-0.2, -0.15) is 0 Å². The van der Waals surface area contributed by atoms with Crippen molar-refractivity contribution < 1.29 is 5.11 Å². The van der Waals surface area contributed by atoms with Gasteiger partial charge in [0.1, 0.15) is 0 Å². The van der Waals surface area contributed by atoms with Crippen molar-refractivity contribution in [3.05, 3.63) is 0 Å². The molecule has 2 nitrogen and oxygen atoms in total. The Morgan fingerprint density at radius 1 is 1.23 bits per heavy atom. The lowest BCUT2D eigenvalue weighted by Gasteiger charge is -2.37. The van der Waals surface area contributed by atoms with E-state index >= 15 is 0 Å². The molecule has 2 heteroatoms. The second kappa shape index (κ2) is 4.43. The number of rotatable bonds is 2. The molecule has 1 rings (SSSR count). The third-order valence-corrected chi connectivity index (χ3v) is 3.78. The number of nitrogens with two attached hydrogens (primary N) is 1. The molecule has 1 aliphatic carbocycles. The summed E-state index contributed by atoms with van der Waals surface area (Å²) >= 11 is 0. The van der Waals surface area contributed by atoms with E-state index in [0.717, 1.165) is 19.3 Å². The van der Waals surface area contributed by atoms with E-state index in [-0.39, 0.29) is 0 Å². The van der Waals surface area contributed by atoms with E-state index in [4.69, 9.17) is 5.73 Å². The van der Waals surface area contributed by atoms with E-state index in [2.05, 4.69) is 13.8 Å². The largest absolute Gasteiger partial charge is 0.389 e. The molecule has 13 heavy (non-hydrogen) atoms. The molecule has 78 valence electrons. The lowest BCUT2D eigenvalue weighted by Crippen LogP contribution is -2.43. The molecule has 0 saturated heterocycles. The van der Waals surface area contributed by atoms with Crippen molar-refractivity contribution in [1.82, 2.24) is 0 Å². The summed E-state index contributed by atoms with van der Waals surface area (Å²) in [5.41, 5.74) is 5.07. The topological polar surface area (TPSA) is 46.2 Å². The molecule has 0 aromatic heterocycles. The SMILES string of the molecule is CC1CCCCC(C)C1(O)CCN. The van der Waals surface area contributed by atoms with Gasteiger partial charge in [-0.15, -0.1) is 0 Å². The third-order valence-electron chi connectivity index (χ3n) is 3.78. The molecule has 0 spiro atoms. The number of hydrogen-bond donors (Lipinski definition) is 2. The molecule has 0 amide bonds. The molecule has 0 aliphatic heterocycles. The molecule has 3 N–H and O–H groups in total. The second-order valence-corrected chi connectivity index (χ2v) is 4.62. The first kappa shape index (κ1) is 11.0. The molecule has 0 bridgehead atoms. The number of aliphatic hydroxyl groups is 1. The highest BCUT2D eigenvalue weighted by Gasteiger charge is 2.39. The zero-order chi connectivity index (χ0) is 9.90. The maximum absolute atomic E-state index is 10.5. The molecule has 1 saturated carbocycles. The Morgan fingerprint density at radius 3 is 2.08 bits per heavy atom. The van der Waals surface area contributed by atoms with Gasteiger partial charge in [-0.25, -0.2) is 0 Å². The van der Waals surface area contributed by atoms with E-state index in [1.54, 1.807) is 0 Å². The highest BCUT2D eigenvalue weighted by atomic mass is 16.3. The van der Waals surface area contributed by atoms with Gasteiger partial charge in [0.15, 0.2) is 0 Å². The standard InChI is InChI=1S/C11H23NO/c1-9-5-3-4-6-10(2)11(9,13)7-8-12/h9-10,13H,3-8,12H2,1-2H3. The van der Waals surface area contributed by atoms with Crippen LogP contribution >= 0.6 is 0 Å². The minimum Gasteiger partial charge on any atom is -0.389 e. The highest BCUT2D eigenvalue weighted by Crippen LogP contribution is 2.38. The summed E-state index contributed by atoms with van der Waals surface area (Å²) in [6.07, 6.45) is 5.59. The zero-order valence-electron chi connectivity index (χ0n) is 8.92. The second-order valence-electron chi connectivity index (χ2n) is 4.62. The van der Waals surface area contributed by atoms with E-state index < -0.39 is 5.60 Å². The Balaban J connectivity index is 2.72. The van der Waals surface area contributed by atoms with Crippen LogP contribution in [0.4, 0.5) is 0 Å². The zero-order valence-corrected chi connectivity index (χ0v) is 8.92. The summed E-state index contributed by atoms with van der Waals surface area (Å²) in [5.74, 6) is 0.821. The smallest absolute Gasteiger partial charge is 0.0710 e. The number of hydrogen-bond acceptors (Lipinski definition) is 2. The first-order chi connectivity index (χ1) is 6.11. The molecule has 1 fully saturated rings. The Labute approximate surface area is 81.5 Å². The van der Waals surface area contributed by atoms with Gasteiger partial charge in [-0.3, -0.25) is 0 Å². The van der Waals surface area contributed by atoms with Crippen LogP contribution in [0.25, 0.3) is 0 Å². The molecule has 0 aromatic rings. The van der Waals surface area contributed by atoms with Crippen molar-refractivity contribution in [2.45, 2.75) is 51.6 Å². The Hall–Kier alpha value is -0.0800. The average Bonchev–Trinajstić information content (AvgIpc) is 2.20. The van der Waals surface area contributed by atoms with Crippen LogP contribution in [0.1, 0.15) is 46.0 Å². The van der Waals surface area contributed by atoms with Crippen LogP contribution in [-0.2, 0) is 0 Å². The van der Waals surface area contributed by atoms with Crippen LogP contribution in [-0.4, -0.2) is 17.3 Å². The van der Waals surface area contributed by atoms with E-state index in [1.165, 1.54) is 12.8 Å². The maximum Gasteiger partial charge on any atom is 0.0710 e. The lowest BCUT2D eigenvalue weighted by molar-refractivity contribution is -0.0612. The fourth-order valence-electron chi connectivity index (χ4n) is 2.61. The first-order valence-electron chi connectivity index (χ1n) is 5.53. The van der Waals surface area contributed by atoms with Crippen LogP contribution < -0.4 is 5.73 Å². The molecular weight excluding hydrogens is 162 g/mol. The van der Waals surface area contributed by atoms with Gasteiger partial charge < -0.3 is 10.8 Å². The van der Waals surface area contributed by atoms with Gasteiger partial charge in [0, 0.05) is 0 Å². The lowest BCUT2D eigenvalue weighted by atomic mass is 9.75. The summed E-state index contributed by atoms with van der Waals surface area (Å²) in [6, 6.07) is 0. The molecule has 2 unspecified atom stereocenters. The maximum atomic E-state index is 10.5. The summed E-state index contributed by atoms with van der Waals surface area (Å²) < 4.78 is 0. The van der Waals surface area contributed by atoms with Crippen molar-refractivity contribution in [2.24, 2.45) is 17.6 Å². The predicted octanol–water partition coefficient (Wildman–Crippen LogP) is 1.91. The van der Waals surface area contributed by atoms with Crippen LogP contribution in [0.15, 0.2) is 0 Å². The minimum atomic E-state index is -0.495. The fraction of sp³-hybridized carbons (Fsp3) is 1.00. The quantitative estimate of drug-likeness (QED) is 0.646. The van der Waals surface area contributed by atoms with Crippen LogP contribution in [0.2, 0.25) is 0 Å². The van der Waals surface area contributed by atoms with E-state index in [0.29, 0.717) is 18.4 Å². The van der Waals surface area contributed by atoms with Crippen molar-refractivity contribution in [1.29, 1.82) is 0 Å². The molecule has 0 aromatic carbocycles. The fourth-order valence-corrected chi connectivity index (χ4v) is 2.61. The Morgan fingerprint density at radius 2 is 1.69 bits per heavy atom. The molecule has 0 radical (unpaired) electrons. The Kier molecular flexibility index (Phi) is 3.74. The van der Waals surface area contributed by atoms with E-state index in [9.17, 15) is 5.11 Å². The highest BCUT2D eigenvalue weighted by molar-refractivity contribution is 4.91. The van der Waals surface area contributed by atoms with Gasteiger partial charge in [0.25, 0.3) is 0 Å². The monoisotopic (exact) mass is 185 g/mol. The summed E-state index contributed by atoms with van der Waals surface area (Å²) in [4.78, 5) is 0. The summed E-state index contributed by atoms with van der Waals surface area (Å²) in [7, 11) is 0. The minimum absolute atomic E-state index is 0.411. The van der Waals surface area contributed by atoms with Crippen molar-refractivity contribution in [3.8, 4) is 0 Å². The summed E-state index contributed by atoms with van der Waals surface area (Å²) in [6.45, 7) is 4.93. The predicted molar refractivity (Wildman–Crippen MR) is 55.4 cm³/mol.